The Bertz CT molecular complexity index is 1190. The van der Waals surface area contributed by atoms with Gasteiger partial charge in [0.15, 0.2) is 23.0 Å². The molecule has 1 N–H and O–H groups in total. The number of fused-ring (bicyclic) bond motifs is 1. The second-order valence-corrected chi connectivity index (χ2v) is 7.17. The molecule has 9 nitrogen and oxygen atoms in total. The van der Waals surface area contributed by atoms with Crippen LogP contribution in [0.3, 0.4) is 0 Å². The van der Waals surface area contributed by atoms with Crippen LogP contribution in [0.4, 0.5) is 5.82 Å². The molecule has 0 aliphatic carbocycles. The Morgan fingerprint density at radius 2 is 2.07 bits per heavy atom. The molecule has 1 amide bonds. The van der Waals surface area contributed by atoms with E-state index in [-0.39, 0.29) is 24.9 Å². The molecule has 4 aromatic rings. The van der Waals surface area contributed by atoms with Crippen molar-refractivity contribution in [3.63, 3.8) is 0 Å². The van der Waals surface area contributed by atoms with Gasteiger partial charge in [-0.1, -0.05) is 17.3 Å². The van der Waals surface area contributed by atoms with Gasteiger partial charge in [0.2, 0.25) is 12.7 Å². The standard InChI is InChI=1S/C20H14N4O5S/c25-20(13-7-16(29-24-13)17-2-1-5-30-17)23-18-8-19(22-10-21-18)26-9-12-3-4-14-15(6-12)28-11-27-14/h1-8,10H,9,11H2,(H,21,22,23,25). The highest BCUT2D eigenvalue weighted by Gasteiger charge is 2.16. The van der Waals surface area contributed by atoms with Crippen molar-refractivity contribution in [2.45, 2.75) is 6.61 Å². The van der Waals surface area contributed by atoms with E-state index in [2.05, 4.69) is 20.4 Å². The van der Waals surface area contributed by atoms with Crippen molar-refractivity contribution in [2.24, 2.45) is 0 Å². The zero-order valence-corrected chi connectivity index (χ0v) is 16.2. The first-order chi connectivity index (χ1) is 14.7. The zero-order valence-electron chi connectivity index (χ0n) is 15.4. The number of aromatic nitrogens is 3. The number of thiophene rings is 1. The fraction of sp³-hybridized carbons (Fsp3) is 0.100. The summed E-state index contributed by atoms with van der Waals surface area (Å²) in [5.74, 6) is 2.09. The van der Waals surface area contributed by atoms with Gasteiger partial charge in [0.25, 0.3) is 5.91 Å². The summed E-state index contributed by atoms with van der Waals surface area (Å²) < 4.78 is 21.6. The molecule has 0 spiro atoms. The van der Waals surface area contributed by atoms with Gasteiger partial charge >= 0.3 is 0 Å². The van der Waals surface area contributed by atoms with Crippen LogP contribution in [-0.4, -0.2) is 27.8 Å². The fourth-order valence-corrected chi connectivity index (χ4v) is 3.45. The minimum atomic E-state index is -0.443. The average molecular weight is 422 g/mol. The van der Waals surface area contributed by atoms with Gasteiger partial charge in [0, 0.05) is 12.1 Å². The maximum Gasteiger partial charge on any atom is 0.279 e. The maximum atomic E-state index is 12.4. The second-order valence-electron chi connectivity index (χ2n) is 6.23. The van der Waals surface area contributed by atoms with E-state index in [1.54, 1.807) is 6.07 Å². The van der Waals surface area contributed by atoms with Crippen LogP contribution < -0.4 is 19.5 Å². The topological polar surface area (TPSA) is 109 Å². The van der Waals surface area contributed by atoms with E-state index in [0.717, 1.165) is 10.4 Å². The normalized spacial score (nSPS) is 12.0. The highest BCUT2D eigenvalue weighted by Crippen LogP contribution is 2.32. The molecule has 1 aromatic carbocycles. The number of hydrogen-bond donors (Lipinski definition) is 1. The van der Waals surface area contributed by atoms with Crippen LogP contribution in [0.25, 0.3) is 10.6 Å². The van der Waals surface area contributed by atoms with Crippen molar-refractivity contribution >= 4 is 23.1 Å². The van der Waals surface area contributed by atoms with E-state index < -0.39 is 5.91 Å². The average Bonchev–Trinajstić information content (AvgIpc) is 3.53. The third kappa shape index (κ3) is 3.80. The van der Waals surface area contributed by atoms with Gasteiger partial charge in [0.05, 0.1) is 4.88 Å². The Balaban J connectivity index is 1.23. The zero-order chi connectivity index (χ0) is 20.3. The largest absolute Gasteiger partial charge is 0.473 e. The summed E-state index contributed by atoms with van der Waals surface area (Å²) in [5, 5.41) is 8.40. The Labute approximate surface area is 174 Å². The lowest BCUT2D eigenvalue weighted by atomic mass is 10.2. The first-order valence-electron chi connectivity index (χ1n) is 8.90. The summed E-state index contributed by atoms with van der Waals surface area (Å²) in [5.41, 5.74) is 1.05. The third-order valence-electron chi connectivity index (χ3n) is 4.21. The monoisotopic (exact) mass is 422 g/mol. The molecule has 0 radical (unpaired) electrons. The van der Waals surface area contributed by atoms with Gasteiger partial charge in [-0.3, -0.25) is 4.79 Å². The van der Waals surface area contributed by atoms with Gasteiger partial charge in [-0.2, -0.15) is 0 Å². The number of nitrogens with one attached hydrogen (secondary N) is 1. The summed E-state index contributed by atoms with van der Waals surface area (Å²) in [6.07, 6.45) is 1.31. The third-order valence-corrected chi connectivity index (χ3v) is 5.10. The summed E-state index contributed by atoms with van der Waals surface area (Å²) in [6.45, 7) is 0.490. The first-order valence-corrected chi connectivity index (χ1v) is 9.78. The van der Waals surface area contributed by atoms with Crippen molar-refractivity contribution in [1.82, 2.24) is 15.1 Å². The highest BCUT2D eigenvalue weighted by atomic mass is 32.1. The fourth-order valence-electron chi connectivity index (χ4n) is 2.77. The number of carbonyl (C=O) groups excluding carboxylic acids is 1. The predicted molar refractivity (Wildman–Crippen MR) is 107 cm³/mol. The molecule has 10 heteroatoms. The molecule has 3 aromatic heterocycles. The Morgan fingerprint density at radius 3 is 2.97 bits per heavy atom. The van der Waals surface area contributed by atoms with E-state index >= 15 is 0 Å². The van der Waals surface area contributed by atoms with Gasteiger partial charge in [-0.25, -0.2) is 9.97 Å². The smallest absolute Gasteiger partial charge is 0.279 e. The number of ether oxygens (including phenoxy) is 3. The maximum absolute atomic E-state index is 12.4. The lowest BCUT2D eigenvalue weighted by molar-refractivity contribution is 0.101. The Kier molecular flexibility index (Phi) is 4.74. The summed E-state index contributed by atoms with van der Waals surface area (Å²) in [6, 6.07) is 12.5. The second kappa shape index (κ2) is 7.84. The number of nitrogens with zero attached hydrogens (tertiary/aromatic N) is 3. The van der Waals surface area contributed by atoms with Crippen LogP contribution in [0.15, 0.2) is 58.7 Å². The van der Waals surface area contributed by atoms with Crippen molar-refractivity contribution in [2.75, 3.05) is 12.1 Å². The van der Waals surface area contributed by atoms with Crippen molar-refractivity contribution in [3.05, 3.63) is 65.4 Å². The molecule has 1 aliphatic heterocycles. The predicted octanol–water partition coefficient (Wildman–Crippen LogP) is 3.75. The van der Waals surface area contributed by atoms with Crippen LogP contribution in [0.2, 0.25) is 0 Å². The molecule has 150 valence electrons. The van der Waals surface area contributed by atoms with Crippen molar-refractivity contribution in [1.29, 1.82) is 0 Å². The van der Waals surface area contributed by atoms with Crippen LogP contribution in [0.1, 0.15) is 16.1 Å². The highest BCUT2D eigenvalue weighted by molar-refractivity contribution is 7.13. The summed E-state index contributed by atoms with van der Waals surface area (Å²) in [4.78, 5) is 21.4. The van der Waals surface area contributed by atoms with Gasteiger partial charge in [-0.05, 0) is 29.1 Å². The molecular weight excluding hydrogens is 408 g/mol. The molecule has 0 bridgehead atoms. The minimum Gasteiger partial charge on any atom is -0.473 e. The lowest BCUT2D eigenvalue weighted by Gasteiger charge is -2.07. The molecule has 0 saturated heterocycles. The molecule has 30 heavy (non-hydrogen) atoms. The number of rotatable bonds is 6. The summed E-state index contributed by atoms with van der Waals surface area (Å²) >= 11 is 1.50. The Hall–Kier alpha value is -3.92. The number of benzene rings is 1. The molecule has 5 rings (SSSR count). The molecule has 1 aliphatic rings. The number of hydrogen-bond acceptors (Lipinski definition) is 9. The van der Waals surface area contributed by atoms with Gasteiger partial charge in [-0.15, -0.1) is 11.3 Å². The van der Waals surface area contributed by atoms with E-state index in [4.69, 9.17) is 18.7 Å². The van der Waals surface area contributed by atoms with Crippen LogP contribution >= 0.6 is 11.3 Å². The van der Waals surface area contributed by atoms with Crippen LogP contribution in [0, 0.1) is 0 Å². The van der Waals surface area contributed by atoms with Crippen LogP contribution in [-0.2, 0) is 6.61 Å². The molecule has 0 unspecified atom stereocenters. The number of amides is 1. The van der Waals surface area contributed by atoms with Crippen molar-refractivity contribution < 1.29 is 23.5 Å². The van der Waals surface area contributed by atoms with Crippen molar-refractivity contribution in [3.8, 4) is 28.0 Å². The number of anilines is 1. The van der Waals surface area contributed by atoms with E-state index in [0.29, 0.717) is 23.1 Å². The first kappa shape index (κ1) is 18.1. The Morgan fingerprint density at radius 1 is 1.13 bits per heavy atom. The van der Waals surface area contributed by atoms with E-state index in [9.17, 15) is 4.79 Å². The van der Waals surface area contributed by atoms with Gasteiger partial charge < -0.3 is 24.1 Å². The molecule has 0 saturated carbocycles. The molecule has 0 atom stereocenters. The van der Waals surface area contributed by atoms with E-state index in [1.165, 1.54) is 23.7 Å². The molecule has 0 fully saturated rings. The minimum absolute atomic E-state index is 0.153. The van der Waals surface area contributed by atoms with Gasteiger partial charge in [0.1, 0.15) is 18.8 Å². The number of carbonyl (C=O) groups is 1. The molecule has 4 heterocycles. The molecular formula is C20H14N4O5S. The quantitative estimate of drug-likeness (QED) is 0.500. The lowest BCUT2D eigenvalue weighted by Crippen LogP contribution is -2.13. The summed E-state index contributed by atoms with van der Waals surface area (Å²) in [7, 11) is 0. The SMILES string of the molecule is O=C(Nc1cc(OCc2ccc3c(c2)OCO3)ncn1)c1cc(-c2cccs2)on1. The van der Waals surface area contributed by atoms with E-state index in [1.807, 2.05) is 35.7 Å². The van der Waals surface area contributed by atoms with Crippen LogP contribution in [0.5, 0.6) is 17.4 Å².